The third-order valence-electron chi connectivity index (χ3n) is 7.00. The summed E-state index contributed by atoms with van der Waals surface area (Å²) in [6, 6.07) is 8.79. The molecule has 2 aliphatic heterocycles. The SMILES string of the molecule is CCOc1ccc(CN2CCc3c(C(=O)N4CCCC[C@@H]4C(=O)OC)c(OC)cc(=O)n3CC2)cc1. The molecule has 2 aromatic rings. The number of amides is 1. The number of hydrogen-bond donors (Lipinski definition) is 0. The summed E-state index contributed by atoms with van der Waals surface area (Å²) in [7, 11) is 2.80. The van der Waals surface area contributed by atoms with Gasteiger partial charge in [-0.2, -0.15) is 0 Å². The Morgan fingerprint density at radius 1 is 1.03 bits per heavy atom. The predicted octanol–water partition coefficient (Wildman–Crippen LogP) is 2.48. The van der Waals surface area contributed by atoms with Crippen molar-refractivity contribution in [2.45, 2.75) is 51.7 Å². The number of aromatic nitrogens is 1. The van der Waals surface area contributed by atoms with Crippen LogP contribution >= 0.6 is 0 Å². The Morgan fingerprint density at radius 3 is 2.50 bits per heavy atom. The number of carbonyl (C=O) groups excluding carboxylic acids is 2. The van der Waals surface area contributed by atoms with E-state index >= 15 is 0 Å². The lowest BCUT2D eigenvalue weighted by molar-refractivity contribution is -0.147. The summed E-state index contributed by atoms with van der Waals surface area (Å²) in [5, 5.41) is 0. The van der Waals surface area contributed by atoms with Gasteiger partial charge in [0.2, 0.25) is 0 Å². The zero-order chi connectivity index (χ0) is 25.7. The molecule has 1 aromatic heterocycles. The number of likely N-dealkylation sites (tertiary alicyclic amines) is 1. The number of ether oxygens (including phenoxy) is 3. The summed E-state index contributed by atoms with van der Waals surface area (Å²) in [5.74, 6) is 0.396. The summed E-state index contributed by atoms with van der Waals surface area (Å²) in [6.45, 7) is 5.60. The van der Waals surface area contributed by atoms with Crippen LogP contribution in [0.3, 0.4) is 0 Å². The normalized spacial score (nSPS) is 18.2. The highest BCUT2D eigenvalue weighted by molar-refractivity contribution is 6.00. The first-order chi connectivity index (χ1) is 17.5. The molecule has 1 atom stereocenters. The molecule has 0 spiro atoms. The van der Waals surface area contributed by atoms with E-state index in [1.54, 1.807) is 9.47 Å². The Balaban J connectivity index is 1.60. The van der Waals surface area contributed by atoms with Crippen LogP contribution in [0.2, 0.25) is 0 Å². The summed E-state index contributed by atoms with van der Waals surface area (Å²) in [4.78, 5) is 43.1. The van der Waals surface area contributed by atoms with Crippen LogP contribution < -0.4 is 15.0 Å². The van der Waals surface area contributed by atoms with E-state index in [-0.39, 0.29) is 17.2 Å². The topological polar surface area (TPSA) is 90.3 Å². The quantitative estimate of drug-likeness (QED) is 0.543. The van der Waals surface area contributed by atoms with Gasteiger partial charge >= 0.3 is 5.97 Å². The fourth-order valence-electron chi connectivity index (χ4n) is 5.16. The van der Waals surface area contributed by atoms with E-state index in [1.807, 2.05) is 19.1 Å². The fourth-order valence-corrected chi connectivity index (χ4v) is 5.16. The smallest absolute Gasteiger partial charge is 0.328 e. The van der Waals surface area contributed by atoms with Crippen molar-refractivity contribution in [1.29, 1.82) is 0 Å². The lowest BCUT2D eigenvalue weighted by Crippen LogP contribution is -2.49. The number of methoxy groups -OCH3 is 2. The molecule has 0 unspecified atom stereocenters. The highest BCUT2D eigenvalue weighted by Gasteiger charge is 2.36. The van der Waals surface area contributed by atoms with E-state index < -0.39 is 12.0 Å². The van der Waals surface area contributed by atoms with Gasteiger partial charge in [0.25, 0.3) is 11.5 Å². The van der Waals surface area contributed by atoms with E-state index in [9.17, 15) is 14.4 Å². The first kappa shape index (κ1) is 25.8. The molecule has 1 aromatic carbocycles. The highest BCUT2D eigenvalue weighted by Crippen LogP contribution is 2.28. The number of hydrogen-bond acceptors (Lipinski definition) is 7. The van der Waals surface area contributed by atoms with Gasteiger partial charge in [0.1, 0.15) is 23.1 Å². The van der Waals surface area contributed by atoms with E-state index in [1.165, 1.54) is 20.3 Å². The van der Waals surface area contributed by atoms with Crippen molar-refractivity contribution >= 4 is 11.9 Å². The second kappa shape index (κ2) is 11.6. The van der Waals surface area contributed by atoms with Crippen molar-refractivity contribution < 1.29 is 23.8 Å². The van der Waals surface area contributed by atoms with Gasteiger partial charge in [-0.3, -0.25) is 14.5 Å². The molecule has 0 radical (unpaired) electrons. The maximum atomic E-state index is 13.9. The van der Waals surface area contributed by atoms with Crippen molar-refractivity contribution in [3.63, 3.8) is 0 Å². The maximum absolute atomic E-state index is 13.9. The van der Waals surface area contributed by atoms with Gasteiger partial charge in [0.05, 0.1) is 20.8 Å². The third kappa shape index (κ3) is 5.41. The van der Waals surface area contributed by atoms with Crippen LogP contribution in [0.1, 0.15) is 47.8 Å². The first-order valence-electron chi connectivity index (χ1n) is 12.6. The average Bonchev–Trinajstić information content (AvgIpc) is 3.12. The molecule has 0 saturated carbocycles. The van der Waals surface area contributed by atoms with Crippen LogP contribution in [0.4, 0.5) is 0 Å². The Labute approximate surface area is 211 Å². The minimum Gasteiger partial charge on any atom is -0.496 e. The molecule has 9 nitrogen and oxygen atoms in total. The molecule has 1 fully saturated rings. The van der Waals surface area contributed by atoms with Gasteiger partial charge in [-0.25, -0.2) is 4.79 Å². The molecule has 36 heavy (non-hydrogen) atoms. The third-order valence-corrected chi connectivity index (χ3v) is 7.00. The fraction of sp³-hybridized carbons (Fsp3) is 0.519. The zero-order valence-corrected chi connectivity index (χ0v) is 21.3. The minimum atomic E-state index is -0.629. The van der Waals surface area contributed by atoms with Crippen molar-refractivity contribution in [2.75, 3.05) is 40.5 Å². The molecule has 0 aliphatic carbocycles. The summed E-state index contributed by atoms with van der Waals surface area (Å²) < 4.78 is 17.7. The molecule has 9 heteroatoms. The number of rotatable bonds is 7. The molecule has 3 heterocycles. The largest absolute Gasteiger partial charge is 0.496 e. The van der Waals surface area contributed by atoms with Crippen LogP contribution in [0.25, 0.3) is 0 Å². The molecule has 0 bridgehead atoms. The van der Waals surface area contributed by atoms with Gasteiger partial charge in [-0.15, -0.1) is 0 Å². The number of pyridine rings is 1. The first-order valence-corrected chi connectivity index (χ1v) is 12.6. The highest BCUT2D eigenvalue weighted by atomic mass is 16.5. The Hall–Kier alpha value is -3.33. The van der Waals surface area contributed by atoms with E-state index in [2.05, 4.69) is 17.0 Å². The van der Waals surface area contributed by atoms with Gasteiger partial charge in [0.15, 0.2) is 0 Å². The van der Waals surface area contributed by atoms with Crippen molar-refractivity contribution in [3.05, 3.63) is 57.5 Å². The molecule has 4 rings (SSSR count). The van der Waals surface area contributed by atoms with Gasteiger partial charge in [0, 0.05) is 50.9 Å². The van der Waals surface area contributed by atoms with Gasteiger partial charge < -0.3 is 23.7 Å². The molecule has 1 amide bonds. The number of carbonyl (C=O) groups is 2. The average molecular weight is 498 g/mol. The summed E-state index contributed by atoms with van der Waals surface area (Å²) >= 11 is 0. The molecule has 0 N–H and O–H groups in total. The lowest BCUT2D eigenvalue weighted by atomic mass is 9.99. The number of nitrogens with zero attached hydrogens (tertiary/aromatic N) is 3. The van der Waals surface area contributed by atoms with Crippen LogP contribution in [-0.2, 0) is 29.0 Å². The van der Waals surface area contributed by atoms with Crippen LogP contribution in [0, 0.1) is 0 Å². The van der Waals surface area contributed by atoms with E-state index in [0.29, 0.717) is 56.9 Å². The number of esters is 1. The molecular weight excluding hydrogens is 462 g/mol. The Kier molecular flexibility index (Phi) is 8.30. The monoisotopic (exact) mass is 497 g/mol. The number of benzene rings is 1. The van der Waals surface area contributed by atoms with Crippen molar-refractivity contribution in [3.8, 4) is 11.5 Å². The maximum Gasteiger partial charge on any atom is 0.328 e. The van der Waals surface area contributed by atoms with Gasteiger partial charge in [-0.1, -0.05) is 12.1 Å². The molecule has 194 valence electrons. The molecule has 2 aliphatic rings. The van der Waals surface area contributed by atoms with Crippen LogP contribution in [0.5, 0.6) is 11.5 Å². The zero-order valence-electron chi connectivity index (χ0n) is 21.3. The standard InChI is InChI=1S/C27H35N3O6/c1-4-36-20-10-8-19(9-11-20)18-28-14-12-21-25(23(34-2)17-24(31)29(21)16-15-28)26(32)30-13-6-5-7-22(30)27(33)35-3/h8-11,17,22H,4-7,12-16,18H2,1-3H3/t22-/m1/s1. The predicted molar refractivity (Wildman–Crippen MR) is 135 cm³/mol. The van der Waals surface area contributed by atoms with E-state index in [4.69, 9.17) is 14.2 Å². The Bertz CT molecular complexity index is 1140. The number of fused-ring (bicyclic) bond motifs is 1. The molecular formula is C27H35N3O6. The van der Waals surface area contributed by atoms with E-state index in [0.717, 1.165) is 30.7 Å². The van der Waals surface area contributed by atoms with Gasteiger partial charge in [-0.05, 0) is 43.9 Å². The van der Waals surface area contributed by atoms with Crippen LogP contribution in [-0.4, -0.2) is 72.7 Å². The lowest BCUT2D eigenvalue weighted by Gasteiger charge is -2.34. The second-order valence-electron chi connectivity index (χ2n) is 9.16. The number of piperidine rings is 1. The van der Waals surface area contributed by atoms with Crippen LogP contribution in [0.15, 0.2) is 35.1 Å². The van der Waals surface area contributed by atoms with Crippen molar-refractivity contribution in [2.24, 2.45) is 0 Å². The minimum absolute atomic E-state index is 0.190. The van der Waals surface area contributed by atoms with Crippen molar-refractivity contribution in [1.82, 2.24) is 14.4 Å². The second-order valence-corrected chi connectivity index (χ2v) is 9.16. The summed E-state index contributed by atoms with van der Waals surface area (Å²) in [6.07, 6.45) is 2.74. The summed E-state index contributed by atoms with van der Waals surface area (Å²) in [5.41, 5.74) is 1.99. The Morgan fingerprint density at radius 2 is 1.81 bits per heavy atom. The molecule has 1 saturated heterocycles.